The Kier molecular flexibility index (Phi) is 2.79. The van der Waals surface area contributed by atoms with Gasteiger partial charge in [-0.25, -0.2) is 0 Å². The number of hydrogen-bond donors (Lipinski definition) is 1. The van der Waals surface area contributed by atoms with Crippen LogP contribution in [0.25, 0.3) is 0 Å². The molecule has 2 rings (SSSR count). The summed E-state index contributed by atoms with van der Waals surface area (Å²) in [5.74, 6) is 0. The molecule has 0 saturated carbocycles. The zero-order valence-electron chi connectivity index (χ0n) is 8.93. The van der Waals surface area contributed by atoms with Crippen LogP contribution in [0.2, 0.25) is 0 Å². The molecule has 5 nitrogen and oxygen atoms in total. The van der Waals surface area contributed by atoms with Crippen LogP contribution in [0.15, 0.2) is 12.3 Å². The number of nitrogens with zero attached hydrogens (tertiary/aromatic N) is 4. The molecule has 0 amide bonds. The van der Waals surface area contributed by atoms with Gasteiger partial charge < -0.3 is 5.32 Å². The first-order valence-electron chi connectivity index (χ1n) is 4.68. The van der Waals surface area contributed by atoms with Crippen molar-refractivity contribution in [2.45, 2.75) is 13.0 Å². The Hall–Kier alpha value is -1.27. The van der Waals surface area contributed by atoms with Crippen LogP contribution in [-0.4, -0.2) is 26.4 Å². The fraction of sp³-hybridized carbons (Fsp3) is 0.444. The number of rotatable bonds is 3. The van der Waals surface area contributed by atoms with Crippen molar-refractivity contribution in [2.75, 3.05) is 7.05 Å². The second-order valence-corrected chi connectivity index (χ2v) is 4.14. The van der Waals surface area contributed by atoms with Crippen molar-refractivity contribution in [3.8, 4) is 0 Å². The normalized spacial score (nSPS) is 13.0. The van der Waals surface area contributed by atoms with E-state index in [4.69, 9.17) is 0 Å². The number of hydrogen-bond acceptors (Lipinski definition) is 5. The maximum atomic E-state index is 4.38. The molecule has 0 radical (unpaired) electrons. The van der Waals surface area contributed by atoms with Gasteiger partial charge in [-0.2, -0.15) is 5.10 Å². The molecule has 0 fully saturated rings. The smallest absolute Gasteiger partial charge is 0.0896 e. The Balaban J connectivity index is 2.36. The third-order valence-electron chi connectivity index (χ3n) is 2.27. The van der Waals surface area contributed by atoms with E-state index in [1.54, 1.807) is 4.68 Å². The highest BCUT2D eigenvalue weighted by atomic mass is 32.1. The molecule has 0 bridgehead atoms. The summed E-state index contributed by atoms with van der Waals surface area (Å²) in [6.45, 7) is 1.96. The van der Waals surface area contributed by atoms with Crippen LogP contribution in [-0.2, 0) is 7.05 Å². The molecule has 0 aliphatic heterocycles. The third kappa shape index (κ3) is 1.91. The standard InChI is InChI=1S/C9H13N5S/c1-6-9(15-13-11-6)8(10-2)7-4-5-14(3)12-7/h4-5,8,10H,1-3H3. The third-order valence-corrected chi connectivity index (χ3v) is 3.16. The molecule has 1 unspecified atom stereocenters. The summed E-state index contributed by atoms with van der Waals surface area (Å²) in [5.41, 5.74) is 1.96. The van der Waals surface area contributed by atoms with Crippen LogP contribution >= 0.6 is 11.5 Å². The van der Waals surface area contributed by atoms with Gasteiger partial charge in [-0.3, -0.25) is 4.68 Å². The molecule has 6 heteroatoms. The molecule has 0 aliphatic carbocycles. The Bertz CT molecular complexity index is 447. The van der Waals surface area contributed by atoms with Gasteiger partial charge in [-0.15, -0.1) is 5.10 Å². The van der Waals surface area contributed by atoms with Gasteiger partial charge in [0, 0.05) is 13.2 Å². The Morgan fingerprint density at radius 3 is 2.80 bits per heavy atom. The Morgan fingerprint density at radius 2 is 2.33 bits per heavy atom. The topological polar surface area (TPSA) is 55.6 Å². The molecule has 1 N–H and O–H groups in total. The predicted octanol–water partition coefficient (Wildman–Crippen LogP) is 0.889. The van der Waals surface area contributed by atoms with Crippen LogP contribution in [0.1, 0.15) is 22.3 Å². The van der Waals surface area contributed by atoms with Crippen molar-refractivity contribution in [2.24, 2.45) is 7.05 Å². The maximum absolute atomic E-state index is 4.38. The quantitative estimate of drug-likeness (QED) is 0.839. The average molecular weight is 223 g/mol. The molecule has 1 atom stereocenters. The lowest BCUT2D eigenvalue weighted by atomic mass is 10.1. The molecule has 0 spiro atoms. The Labute approximate surface area is 92.3 Å². The summed E-state index contributed by atoms with van der Waals surface area (Å²) in [4.78, 5) is 1.12. The number of aryl methyl sites for hydroxylation is 2. The lowest BCUT2D eigenvalue weighted by Crippen LogP contribution is -2.18. The van der Waals surface area contributed by atoms with Crippen molar-refractivity contribution >= 4 is 11.5 Å². The van der Waals surface area contributed by atoms with Crippen LogP contribution < -0.4 is 5.32 Å². The van der Waals surface area contributed by atoms with Gasteiger partial charge in [0.1, 0.15) is 0 Å². The highest BCUT2D eigenvalue weighted by Gasteiger charge is 2.19. The van der Waals surface area contributed by atoms with E-state index in [0.29, 0.717) is 0 Å². The van der Waals surface area contributed by atoms with Gasteiger partial charge in [-0.05, 0) is 31.6 Å². The number of nitrogens with one attached hydrogen (secondary N) is 1. The predicted molar refractivity (Wildman–Crippen MR) is 58.8 cm³/mol. The summed E-state index contributed by atoms with van der Waals surface area (Å²) in [5, 5.41) is 11.6. The lowest BCUT2D eigenvalue weighted by molar-refractivity contribution is 0.646. The van der Waals surface area contributed by atoms with Crippen LogP contribution in [0.3, 0.4) is 0 Å². The zero-order valence-corrected chi connectivity index (χ0v) is 9.75. The summed E-state index contributed by atoms with van der Waals surface area (Å²) in [7, 11) is 3.83. The highest BCUT2D eigenvalue weighted by Crippen LogP contribution is 2.24. The van der Waals surface area contributed by atoms with Gasteiger partial charge >= 0.3 is 0 Å². The second-order valence-electron chi connectivity index (χ2n) is 3.36. The largest absolute Gasteiger partial charge is 0.307 e. The van der Waals surface area contributed by atoms with E-state index in [1.165, 1.54) is 11.5 Å². The molecule has 2 aromatic heterocycles. The molecule has 0 aromatic carbocycles. The van der Waals surface area contributed by atoms with E-state index >= 15 is 0 Å². The maximum Gasteiger partial charge on any atom is 0.0896 e. The van der Waals surface area contributed by atoms with Crippen molar-refractivity contribution < 1.29 is 0 Å². The molecular weight excluding hydrogens is 210 g/mol. The molecule has 0 aliphatic rings. The van der Waals surface area contributed by atoms with E-state index in [9.17, 15) is 0 Å². The summed E-state index contributed by atoms with van der Waals surface area (Å²) in [6, 6.07) is 2.09. The van der Waals surface area contributed by atoms with Crippen molar-refractivity contribution in [3.05, 3.63) is 28.5 Å². The number of aromatic nitrogens is 4. The van der Waals surface area contributed by atoms with E-state index in [0.717, 1.165) is 16.3 Å². The molecule has 0 saturated heterocycles. The Morgan fingerprint density at radius 1 is 1.53 bits per heavy atom. The first-order valence-corrected chi connectivity index (χ1v) is 5.45. The molecule has 2 heterocycles. The summed E-state index contributed by atoms with van der Waals surface area (Å²) in [6.07, 6.45) is 1.93. The van der Waals surface area contributed by atoms with Gasteiger partial charge in [0.2, 0.25) is 0 Å². The van der Waals surface area contributed by atoms with Crippen LogP contribution in [0.4, 0.5) is 0 Å². The highest BCUT2D eigenvalue weighted by molar-refractivity contribution is 7.05. The minimum atomic E-state index is 0.0891. The fourth-order valence-electron chi connectivity index (χ4n) is 1.50. The van der Waals surface area contributed by atoms with Gasteiger partial charge in [-0.1, -0.05) is 4.49 Å². The molecule has 2 aromatic rings. The first-order chi connectivity index (χ1) is 7.22. The van der Waals surface area contributed by atoms with Gasteiger partial charge in [0.05, 0.1) is 22.3 Å². The summed E-state index contributed by atoms with van der Waals surface area (Å²) < 4.78 is 5.74. The fourth-order valence-corrected chi connectivity index (χ4v) is 2.27. The van der Waals surface area contributed by atoms with Crippen molar-refractivity contribution in [3.63, 3.8) is 0 Å². The van der Waals surface area contributed by atoms with Crippen molar-refractivity contribution in [1.82, 2.24) is 24.7 Å². The van der Waals surface area contributed by atoms with E-state index in [-0.39, 0.29) is 6.04 Å². The SMILES string of the molecule is CNC(c1ccn(C)n1)c1snnc1C. The second kappa shape index (κ2) is 4.08. The van der Waals surface area contributed by atoms with Gasteiger partial charge in [0.25, 0.3) is 0 Å². The first kappa shape index (κ1) is 10.3. The van der Waals surface area contributed by atoms with Crippen LogP contribution in [0, 0.1) is 6.92 Å². The zero-order chi connectivity index (χ0) is 10.8. The van der Waals surface area contributed by atoms with E-state index in [1.807, 2.05) is 33.3 Å². The molecule has 15 heavy (non-hydrogen) atoms. The van der Waals surface area contributed by atoms with Crippen molar-refractivity contribution in [1.29, 1.82) is 0 Å². The van der Waals surface area contributed by atoms with E-state index in [2.05, 4.69) is 20.0 Å². The van der Waals surface area contributed by atoms with Gasteiger partial charge in [0.15, 0.2) is 0 Å². The average Bonchev–Trinajstić information content (AvgIpc) is 2.79. The molecule has 80 valence electrons. The molecular formula is C9H13N5S. The van der Waals surface area contributed by atoms with Crippen LogP contribution in [0.5, 0.6) is 0 Å². The lowest BCUT2D eigenvalue weighted by Gasteiger charge is -2.11. The monoisotopic (exact) mass is 223 g/mol. The van der Waals surface area contributed by atoms with E-state index < -0.39 is 0 Å². The minimum absolute atomic E-state index is 0.0891. The summed E-state index contributed by atoms with van der Waals surface area (Å²) >= 11 is 1.41. The minimum Gasteiger partial charge on any atom is -0.307 e.